The average molecular weight is 189 g/mol. The molecule has 2 rings (SSSR count). The van der Waals surface area contributed by atoms with Crippen molar-refractivity contribution in [3.05, 3.63) is 48.7 Å². The molecule has 1 fully saturated rings. The molecule has 1 unspecified atom stereocenters. The number of ether oxygens (including phenoxy) is 1. The third kappa shape index (κ3) is 1.37. The largest absolute Gasteiger partial charge is 0.447 e. The number of rotatable bonds is 2. The van der Waals surface area contributed by atoms with Crippen LogP contribution in [0.2, 0.25) is 0 Å². The Morgan fingerprint density at radius 3 is 2.79 bits per heavy atom. The highest BCUT2D eigenvalue weighted by Gasteiger charge is 2.31. The molecule has 1 aliphatic rings. The molecule has 3 heteroatoms. The van der Waals surface area contributed by atoms with Gasteiger partial charge in [-0.15, -0.1) is 0 Å². The van der Waals surface area contributed by atoms with Gasteiger partial charge < -0.3 is 4.74 Å². The molecule has 1 aromatic rings. The summed E-state index contributed by atoms with van der Waals surface area (Å²) in [5.41, 5.74) is 1.07. The predicted molar refractivity (Wildman–Crippen MR) is 52.6 cm³/mol. The van der Waals surface area contributed by atoms with Crippen LogP contribution in [-0.2, 0) is 4.74 Å². The SMILES string of the molecule is C=CN1C(=O)OCC1c1ccccc1. The molecule has 0 aromatic heterocycles. The molecule has 1 atom stereocenters. The van der Waals surface area contributed by atoms with Crippen molar-refractivity contribution in [3.8, 4) is 0 Å². The topological polar surface area (TPSA) is 29.5 Å². The molecule has 0 radical (unpaired) electrons. The zero-order valence-electron chi connectivity index (χ0n) is 7.72. The molecule has 0 aliphatic carbocycles. The van der Waals surface area contributed by atoms with Crippen LogP contribution in [0.15, 0.2) is 43.1 Å². The molecule has 0 saturated carbocycles. The molecule has 0 N–H and O–H groups in total. The van der Waals surface area contributed by atoms with Gasteiger partial charge in [-0.2, -0.15) is 0 Å². The van der Waals surface area contributed by atoms with E-state index in [0.717, 1.165) is 5.56 Å². The van der Waals surface area contributed by atoms with Gasteiger partial charge in [0.2, 0.25) is 0 Å². The monoisotopic (exact) mass is 189 g/mol. The summed E-state index contributed by atoms with van der Waals surface area (Å²) in [6.07, 6.45) is 1.18. The van der Waals surface area contributed by atoms with Gasteiger partial charge in [-0.3, -0.25) is 4.90 Å². The van der Waals surface area contributed by atoms with Crippen molar-refractivity contribution in [3.63, 3.8) is 0 Å². The number of amides is 1. The van der Waals surface area contributed by atoms with Gasteiger partial charge in [-0.25, -0.2) is 4.79 Å². The zero-order valence-corrected chi connectivity index (χ0v) is 7.72. The smallest absolute Gasteiger partial charge is 0.414 e. The van der Waals surface area contributed by atoms with Crippen molar-refractivity contribution in [2.45, 2.75) is 6.04 Å². The van der Waals surface area contributed by atoms with Crippen LogP contribution >= 0.6 is 0 Å². The van der Waals surface area contributed by atoms with Crippen LogP contribution in [0, 0.1) is 0 Å². The summed E-state index contributed by atoms with van der Waals surface area (Å²) in [7, 11) is 0. The fourth-order valence-corrected chi connectivity index (χ4v) is 1.57. The first-order valence-electron chi connectivity index (χ1n) is 4.45. The minimum atomic E-state index is -0.325. The van der Waals surface area contributed by atoms with E-state index in [1.807, 2.05) is 30.3 Å². The third-order valence-corrected chi connectivity index (χ3v) is 2.29. The van der Waals surface area contributed by atoms with E-state index in [-0.39, 0.29) is 12.1 Å². The van der Waals surface area contributed by atoms with Crippen molar-refractivity contribution >= 4 is 6.09 Å². The summed E-state index contributed by atoms with van der Waals surface area (Å²) in [6.45, 7) is 3.99. The van der Waals surface area contributed by atoms with E-state index in [4.69, 9.17) is 4.74 Å². The molecule has 3 nitrogen and oxygen atoms in total. The normalized spacial score (nSPS) is 20.7. The fraction of sp³-hybridized carbons (Fsp3) is 0.182. The molecule has 0 bridgehead atoms. The lowest BCUT2D eigenvalue weighted by Crippen LogP contribution is -2.20. The van der Waals surface area contributed by atoms with Crippen LogP contribution in [-0.4, -0.2) is 17.6 Å². The van der Waals surface area contributed by atoms with Gasteiger partial charge in [0, 0.05) is 6.20 Å². The predicted octanol–water partition coefficient (Wildman–Crippen LogP) is 2.32. The molecule has 1 aliphatic heterocycles. The minimum Gasteiger partial charge on any atom is -0.447 e. The van der Waals surface area contributed by atoms with E-state index < -0.39 is 0 Å². The van der Waals surface area contributed by atoms with Crippen LogP contribution in [0.3, 0.4) is 0 Å². The van der Waals surface area contributed by atoms with Gasteiger partial charge in [0.25, 0.3) is 0 Å². The highest BCUT2D eigenvalue weighted by molar-refractivity contribution is 5.71. The maximum absolute atomic E-state index is 11.2. The van der Waals surface area contributed by atoms with Gasteiger partial charge >= 0.3 is 6.09 Å². The summed E-state index contributed by atoms with van der Waals surface area (Å²) in [5.74, 6) is 0. The Labute approximate surface area is 82.6 Å². The Balaban J connectivity index is 2.27. The minimum absolute atomic E-state index is 0.0267. The van der Waals surface area contributed by atoms with Gasteiger partial charge in [0.05, 0.1) is 6.04 Å². The van der Waals surface area contributed by atoms with Gasteiger partial charge in [0.1, 0.15) is 6.61 Å². The van der Waals surface area contributed by atoms with Crippen LogP contribution in [0.5, 0.6) is 0 Å². The van der Waals surface area contributed by atoms with Crippen molar-refractivity contribution in [2.24, 2.45) is 0 Å². The standard InChI is InChI=1S/C11H11NO2/c1-2-12-10(8-14-11(12)13)9-6-4-3-5-7-9/h2-7,10H,1,8H2. The molecule has 72 valence electrons. The second-order valence-electron chi connectivity index (χ2n) is 3.09. The average Bonchev–Trinajstić information content (AvgIpc) is 2.61. The lowest BCUT2D eigenvalue weighted by Gasteiger charge is -2.16. The van der Waals surface area contributed by atoms with E-state index in [0.29, 0.717) is 6.61 Å². The highest BCUT2D eigenvalue weighted by Crippen LogP contribution is 2.27. The first-order valence-corrected chi connectivity index (χ1v) is 4.45. The number of carbonyl (C=O) groups excluding carboxylic acids is 1. The summed E-state index contributed by atoms with van der Waals surface area (Å²) in [5, 5.41) is 0. The van der Waals surface area contributed by atoms with E-state index >= 15 is 0 Å². The number of carbonyl (C=O) groups is 1. The third-order valence-electron chi connectivity index (χ3n) is 2.29. The van der Waals surface area contributed by atoms with Gasteiger partial charge in [-0.05, 0) is 5.56 Å². The Hall–Kier alpha value is -1.77. The molecule has 1 aromatic carbocycles. The molecular weight excluding hydrogens is 178 g/mol. The molecule has 1 saturated heterocycles. The summed E-state index contributed by atoms with van der Waals surface area (Å²) in [4.78, 5) is 12.7. The van der Waals surface area contributed by atoms with Crippen molar-refractivity contribution < 1.29 is 9.53 Å². The lowest BCUT2D eigenvalue weighted by atomic mass is 10.1. The number of hydrogen-bond donors (Lipinski definition) is 0. The van der Waals surface area contributed by atoms with E-state index in [9.17, 15) is 4.79 Å². The van der Waals surface area contributed by atoms with E-state index in [1.54, 1.807) is 0 Å². The van der Waals surface area contributed by atoms with Crippen molar-refractivity contribution in [1.82, 2.24) is 4.90 Å². The highest BCUT2D eigenvalue weighted by atomic mass is 16.6. The fourth-order valence-electron chi connectivity index (χ4n) is 1.57. The first-order chi connectivity index (χ1) is 6.83. The van der Waals surface area contributed by atoms with E-state index in [1.165, 1.54) is 11.1 Å². The lowest BCUT2D eigenvalue weighted by molar-refractivity contribution is 0.166. The summed E-state index contributed by atoms with van der Waals surface area (Å²) < 4.78 is 4.94. The summed E-state index contributed by atoms with van der Waals surface area (Å²) >= 11 is 0. The number of benzene rings is 1. The second kappa shape index (κ2) is 3.54. The zero-order chi connectivity index (χ0) is 9.97. The maximum Gasteiger partial charge on any atom is 0.414 e. The van der Waals surface area contributed by atoms with Crippen LogP contribution in [0.4, 0.5) is 4.79 Å². The Morgan fingerprint density at radius 1 is 1.43 bits per heavy atom. The molecule has 14 heavy (non-hydrogen) atoms. The molecule has 1 heterocycles. The first kappa shape index (κ1) is 8.81. The Bertz CT molecular complexity index is 348. The van der Waals surface area contributed by atoms with E-state index in [2.05, 4.69) is 6.58 Å². The van der Waals surface area contributed by atoms with Crippen molar-refractivity contribution in [1.29, 1.82) is 0 Å². The van der Waals surface area contributed by atoms with Crippen molar-refractivity contribution in [2.75, 3.05) is 6.61 Å². The summed E-state index contributed by atoms with van der Waals surface area (Å²) in [6, 6.07) is 9.76. The van der Waals surface area contributed by atoms with Crippen LogP contribution < -0.4 is 0 Å². The molecule has 0 spiro atoms. The number of cyclic esters (lactones) is 1. The Morgan fingerprint density at radius 2 is 2.14 bits per heavy atom. The molecule has 1 amide bonds. The quantitative estimate of drug-likeness (QED) is 0.714. The maximum atomic E-state index is 11.2. The Kier molecular flexibility index (Phi) is 2.23. The van der Waals surface area contributed by atoms with Crippen LogP contribution in [0.1, 0.15) is 11.6 Å². The van der Waals surface area contributed by atoms with Gasteiger partial charge in [0.15, 0.2) is 0 Å². The molecular formula is C11H11NO2. The second-order valence-corrected chi connectivity index (χ2v) is 3.09. The number of hydrogen-bond acceptors (Lipinski definition) is 2. The van der Waals surface area contributed by atoms with Gasteiger partial charge in [-0.1, -0.05) is 36.9 Å². The number of nitrogens with zero attached hydrogens (tertiary/aromatic N) is 1. The van der Waals surface area contributed by atoms with Crippen LogP contribution in [0.25, 0.3) is 0 Å².